The van der Waals surface area contributed by atoms with Gasteiger partial charge in [0.15, 0.2) is 11.5 Å². The second-order valence-corrected chi connectivity index (χ2v) is 7.36. The molecule has 31 heavy (non-hydrogen) atoms. The van der Waals surface area contributed by atoms with Gasteiger partial charge in [-0.15, -0.1) is 0 Å². The molecule has 3 rings (SSSR count). The maximum atomic E-state index is 13.7. The lowest BCUT2D eigenvalue weighted by Crippen LogP contribution is -2.36. The quantitative estimate of drug-likeness (QED) is 0.611. The molecule has 9 heteroatoms. The molecule has 1 heterocycles. The van der Waals surface area contributed by atoms with Crippen LogP contribution in [0, 0.1) is 5.82 Å². The summed E-state index contributed by atoms with van der Waals surface area (Å²) in [6.45, 7) is 4.12. The average molecular weight is 444 g/mol. The van der Waals surface area contributed by atoms with E-state index in [1.165, 1.54) is 18.2 Å². The van der Waals surface area contributed by atoms with E-state index >= 15 is 0 Å². The third kappa shape index (κ3) is 5.43. The minimum Gasteiger partial charge on any atom is -0.490 e. The van der Waals surface area contributed by atoms with Crippen LogP contribution in [-0.4, -0.2) is 41.7 Å². The Bertz CT molecular complexity index is 1040. The number of amides is 3. The van der Waals surface area contributed by atoms with Crippen LogP contribution in [0.3, 0.4) is 0 Å². The van der Waals surface area contributed by atoms with Crippen LogP contribution in [-0.2, 0) is 9.59 Å². The molecule has 1 saturated heterocycles. The first-order valence-corrected chi connectivity index (χ1v) is 10.4. The zero-order valence-corrected chi connectivity index (χ0v) is 17.8. The molecule has 0 unspecified atom stereocenters. The Morgan fingerprint density at radius 1 is 1.10 bits per heavy atom. The van der Waals surface area contributed by atoms with Gasteiger partial charge in [-0.1, -0.05) is 18.2 Å². The monoisotopic (exact) mass is 444 g/mol. The number of carbonyl (C=O) groups is 3. The molecule has 1 N–H and O–H groups in total. The van der Waals surface area contributed by atoms with Crippen molar-refractivity contribution >= 4 is 40.6 Å². The third-order valence-corrected chi connectivity index (χ3v) is 5.10. The Balaban J connectivity index is 1.73. The number of imide groups is 1. The largest absolute Gasteiger partial charge is 0.490 e. The van der Waals surface area contributed by atoms with Gasteiger partial charge in [-0.05, 0) is 61.5 Å². The molecule has 0 bridgehead atoms. The summed E-state index contributed by atoms with van der Waals surface area (Å²) in [4.78, 5) is 38.1. The first kappa shape index (κ1) is 22.4. The number of nitrogens with one attached hydrogen (secondary N) is 1. The van der Waals surface area contributed by atoms with Gasteiger partial charge >= 0.3 is 0 Å². The second kappa shape index (κ2) is 10.1. The minimum atomic E-state index is -0.673. The van der Waals surface area contributed by atoms with Crippen LogP contribution in [0.25, 0.3) is 6.08 Å². The fraction of sp³-hybridized carbons (Fsp3) is 0.227. The zero-order valence-electron chi connectivity index (χ0n) is 17.0. The standard InChI is InChI=1S/C22H21FN2O5S/c1-3-29-17-10-9-14(11-18(17)30-4-2)12-19-21(27)25(22(28)31-19)13-20(26)24-16-8-6-5-7-15(16)23/h5-12H,3-4,13H2,1-2H3,(H,24,26)/b19-12-. The molecule has 162 valence electrons. The Hall–Kier alpha value is -3.33. The first-order valence-electron chi connectivity index (χ1n) is 9.62. The fourth-order valence-corrected chi connectivity index (χ4v) is 3.68. The summed E-state index contributed by atoms with van der Waals surface area (Å²) < 4.78 is 24.8. The van der Waals surface area contributed by atoms with E-state index in [-0.39, 0.29) is 10.6 Å². The third-order valence-electron chi connectivity index (χ3n) is 4.19. The second-order valence-electron chi connectivity index (χ2n) is 6.37. The maximum absolute atomic E-state index is 13.7. The van der Waals surface area contributed by atoms with E-state index in [9.17, 15) is 18.8 Å². The molecule has 1 aliphatic rings. The van der Waals surface area contributed by atoms with Gasteiger partial charge in [0.25, 0.3) is 11.1 Å². The zero-order chi connectivity index (χ0) is 22.4. The topological polar surface area (TPSA) is 84.9 Å². The summed E-state index contributed by atoms with van der Waals surface area (Å²) in [6, 6.07) is 10.8. The molecule has 3 amide bonds. The molecule has 0 atom stereocenters. The summed E-state index contributed by atoms with van der Waals surface area (Å²) in [7, 11) is 0. The highest BCUT2D eigenvalue weighted by Gasteiger charge is 2.36. The number of anilines is 1. The summed E-state index contributed by atoms with van der Waals surface area (Å²) >= 11 is 0.734. The Labute approximate surface area is 183 Å². The van der Waals surface area contributed by atoms with Gasteiger partial charge in [0.05, 0.1) is 23.8 Å². The van der Waals surface area contributed by atoms with Crippen molar-refractivity contribution in [3.8, 4) is 11.5 Å². The number of benzene rings is 2. The lowest BCUT2D eigenvalue weighted by Gasteiger charge is -2.13. The van der Waals surface area contributed by atoms with Crippen molar-refractivity contribution in [3.63, 3.8) is 0 Å². The van der Waals surface area contributed by atoms with Crippen molar-refractivity contribution in [1.82, 2.24) is 4.90 Å². The van der Waals surface area contributed by atoms with E-state index in [0.717, 1.165) is 16.7 Å². The van der Waals surface area contributed by atoms with E-state index in [0.29, 0.717) is 30.3 Å². The molecule has 2 aromatic rings. The molecule has 1 aliphatic heterocycles. The van der Waals surface area contributed by atoms with Crippen LogP contribution in [0.15, 0.2) is 47.4 Å². The number of halogens is 1. The fourth-order valence-electron chi connectivity index (χ4n) is 2.84. The Morgan fingerprint density at radius 3 is 2.52 bits per heavy atom. The predicted octanol–water partition coefficient (Wildman–Crippen LogP) is 4.30. The number of ether oxygens (including phenoxy) is 2. The molecule has 2 aromatic carbocycles. The van der Waals surface area contributed by atoms with Crippen molar-refractivity contribution in [1.29, 1.82) is 0 Å². The van der Waals surface area contributed by atoms with Crippen LogP contribution in [0.2, 0.25) is 0 Å². The summed E-state index contributed by atoms with van der Waals surface area (Å²) in [6.07, 6.45) is 1.55. The number of nitrogens with zero attached hydrogens (tertiary/aromatic N) is 1. The summed E-state index contributed by atoms with van der Waals surface area (Å²) in [5.74, 6) is -0.759. The Morgan fingerprint density at radius 2 is 1.81 bits per heavy atom. The van der Waals surface area contributed by atoms with E-state index in [4.69, 9.17) is 9.47 Å². The molecule has 1 fully saturated rings. The van der Waals surface area contributed by atoms with Crippen LogP contribution >= 0.6 is 11.8 Å². The molecule has 7 nitrogen and oxygen atoms in total. The number of carbonyl (C=O) groups excluding carboxylic acids is 3. The predicted molar refractivity (Wildman–Crippen MR) is 116 cm³/mol. The number of thioether (sulfide) groups is 1. The Kier molecular flexibility index (Phi) is 7.30. The number of para-hydroxylation sites is 1. The van der Waals surface area contributed by atoms with E-state index in [2.05, 4.69) is 5.32 Å². The molecule has 0 aliphatic carbocycles. The van der Waals surface area contributed by atoms with E-state index < -0.39 is 29.4 Å². The highest BCUT2D eigenvalue weighted by atomic mass is 32.2. The minimum absolute atomic E-state index is 0.0205. The normalized spacial score (nSPS) is 14.8. The molecule has 0 radical (unpaired) electrons. The van der Waals surface area contributed by atoms with Gasteiger partial charge in [-0.3, -0.25) is 19.3 Å². The molecule has 0 aromatic heterocycles. The highest BCUT2D eigenvalue weighted by molar-refractivity contribution is 8.18. The molecule has 0 spiro atoms. The number of hydrogen-bond donors (Lipinski definition) is 1. The van der Waals surface area contributed by atoms with Crippen molar-refractivity contribution in [2.24, 2.45) is 0 Å². The molecular weight excluding hydrogens is 423 g/mol. The van der Waals surface area contributed by atoms with Gasteiger partial charge in [0.2, 0.25) is 5.91 Å². The number of hydrogen-bond acceptors (Lipinski definition) is 6. The van der Waals surface area contributed by atoms with Crippen molar-refractivity contribution in [3.05, 3.63) is 58.8 Å². The molecule has 0 saturated carbocycles. The van der Waals surface area contributed by atoms with Crippen molar-refractivity contribution in [2.75, 3.05) is 25.1 Å². The number of rotatable bonds is 8. The van der Waals surface area contributed by atoms with Crippen molar-refractivity contribution in [2.45, 2.75) is 13.8 Å². The van der Waals surface area contributed by atoms with Gasteiger partial charge in [0, 0.05) is 0 Å². The summed E-state index contributed by atoms with van der Waals surface area (Å²) in [5, 5.41) is 1.79. The van der Waals surface area contributed by atoms with Gasteiger partial charge < -0.3 is 14.8 Å². The lowest BCUT2D eigenvalue weighted by atomic mass is 10.2. The van der Waals surface area contributed by atoms with E-state index in [1.54, 1.807) is 30.3 Å². The van der Waals surface area contributed by atoms with Crippen LogP contribution in [0.5, 0.6) is 11.5 Å². The van der Waals surface area contributed by atoms with E-state index in [1.807, 2.05) is 13.8 Å². The SMILES string of the molecule is CCOc1ccc(/C=C2\SC(=O)N(CC(=O)Nc3ccccc3F)C2=O)cc1OCC. The first-order chi connectivity index (χ1) is 14.9. The van der Waals surface area contributed by atoms with Gasteiger partial charge in [-0.2, -0.15) is 0 Å². The maximum Gasteiger partial charge on any atom is 0.294 e. The smallest absolute Gasteiger partial charge is 0.294 e. The molecular formula is C22H21FN2O5S. The van der Waals surface area contributed by atoms with Crippen LogP contribution < -0.4 is 14.8 Å². The summed E-state index contributed by atoms with van der Waals surface area (Å²) in [5.41, 5.74) is 0.626. The van der Waals surface area contributed by atoms with Gasteiger partial charge in [-0.25, -0.2) is 4.39 Å². The highest BCUT2D eigenvalue weighted by Crippen LogP contribution is 2.34. The van der Waals surface area contributed by atoms with Crippen LogP contribution in [0.1, 0.15) is 19.4 Å². The lowest BCUT2D eigenvalue weighted by molar-refractivity contribution is -0.127. The average Bonchev–Trinajstić information content (AvgIpc) is 2.99. The van der Waals surface area contributed by atoms with Gasteiger partial charge in [0.1, 0.15) is 12.4 Å². The van der Waals surface area contributed by atoms with Crippen LogP contribution in [0.4, 0.5) is 14.9 Å². The van der Waals surface area contributed by atoms with Crippen molar-refractivity contribution < 1.29 is 28.2 Å².